The van der Waals surface area contributed by atoms with Gasteiger partial charge in [-0.2, -0.15) is 0 Å². The largest absolute Gasteiger partial charge is 0.497 e. The van der Waals surface area contributed by atoms with Gasteiger partial charge in [0.05, 0.1) is 19.6 Å². The Balaban J connectivity index is 1.76. The minimum absolute atomic E-state index is 0.0221. The molecule has 0 aromatic heterocycles. The number of hydrogen-bond donors (Lipinski definition) is 1. The summed E-state index contributed by atoms with van der Waals surface area (Å²) in [5.74, 6) is 1.44. The van der Waals surface area contributed by atoms with Gasteiger partial charge in [-0.3, -0.25) is 9.59 Å². The van der Waals surface area contributed by atoms with Crippen LogP contribution in [0.15, 0.2) is 48.5 Å². The van der Waals surface area contributed by atoms with Gasteiger partial charge in [0.2, 0.25) is 5.91 Å². The molecular weight excluding hydrogens is 436 g/mol. The lowest BCUT2D eigenvalue weighted by Gasteiger charge is -2.29. The lowest BCUT2D eigenvalue weighted by molar-refractivity contribution is -0.124. The van der Waals surface area contributed by atoms with Crippen LogP contribution in [0.3, 0.4) is 0 Å². The molecule has 2 unspecified atom stereocenters. The summed E-state index contributed by atoms with van der Waals surface area (Å²) in [5, 5.41) is 3.02. The van der Waals surface area contributed by atoms with E-state index in [4.69, 9.17) is 9.47 Å². The number of carbonyl (C=O) groups is 2. The third kappa shape index (κ3) is 6.67. The lowest BCUT2D eigenvalue weighted by atomic mass is 10.1. The number of methoxy groups -OCH3 is 2. The van der Waals surface area contributed by atoms with Crippen LogP contribution in [0, 0.1) is 0 Å². The molecule has 1 heterocycles. The predicted octanol–water partition coefficient (Wildman–Crippen LogP) is 4.53. The average molecular weight is 471 g/mol. The molecule has 7 heteroatoms. The molecule has 1 N–H and O–H groups in total. The van der Waals surface area contributed by atoms with Crippen molar-refractivity contribution in [2.75, 3.05) is 26.5 Å². The zero-order valence-electron chi connectivity index (χ0n) is 19.7. The van der Waals surface area contributed by atoms with Crippen LogP contribution in [-0.4, -0.2) is 54.6 Å². The summed E-state index contributed by atoms with van der Waals surface area (Å²) in [6.07, 6.45) is 4.89. The van der Waals surface area contributed by atoms with E-state index in [-0.39, 0.29) is 17.2 Å². The van der Waals surface area contributed by atoms with Crippen molar-refractivity contribution in [2.45, 2.75) is 50.4 Å². The molecule has 178 valence electrons. The number of unbranched alkanes of at least 4 members (excludes halogenated alkanes) is 2. The minimum atomic E-state index is -0.498. The molecule has 6 nitrogen and oxygen atoms in total. The second-order valence-electron chi connectivity index (χ2n) is 8.14. The first-order chi connectivity index (χ1) is 16.1. The van der Waals surface area contributed by atoms with Crippen LogP contribution in [0.2, 0.25) is 0 Å². The molecule has 2 aromatic carbocycles. The van der Waals surface area contributed by atoms with Gasteiger partial charge in [0.15, 0.2) is 0 Å². The molecule has 0 saturated carbocycles. The Hall–Kier alpha value is -2.67. The van der Waals surface area contributed by atoms with Gasteiger partial charge in [-0.25, -0.2) is 0 Å². The zero-order chi connectivity index (χ0) is 23.6. The molecule has 1 aliphatic heterocycles. The van der Waals surface area contributed by atoms with Crippen LogP contribution in [-0.2, 0) is 11.2 Å². The fourth-order valence-electron chi connectivity index (χ4n) is 4.00. The van der Waals surface area contributed by atoms with Gasteiger partial charge in [0.25, 0.3) is 5.91 Å². The lowest BCUT2D eigenvalue weighted by Crippen LogP contribution is -2.50. The summed E-state index contributed by atoms with van der Waals surface area (Å²) in [5.41, 5.74) is 1.64. The molecule has 2 aromatic rings. The van der Waals surface area contributed by atoms with Crippen molar-refractivity contribution in [3.63, 3.8) is 0 Å². The van der Waals surface area contributed by atoms with Gasteiger partial charge in [-0.05, 0) is 30.5 Å². The van der Waals surface area contributed by atoms with E-state index in [1.54, 1.807) is 49.1 Å². The van der Waals surface area contributed by atoms with Crippen LogP contribution in [0.1, 0.15) is 48.5 Å². The number of hydrogen-bond acceptors (Lipinski definition) is 5. The first kappa shape index (κ1) is 25.0. The fourth-order valence-corrected chi connectivity index (χ4v) is 5.45. The normalized spacial score (nSPS) is 17.6. The molecule has 1 aliphatic rings. The predicted molar refractivity (Wildman–Crippen MR) is 133 cm³/mol. The van der Waals surface area contributed by atoms with E-state index < -0.39 is 6.04 Å². The van der Waals surface area contributed by atoms with Crippen molar-refractivity contribution < 1.29 is 19.1 Å². The molecular formula is C26H34N2O4S. The van der Waals surface area contributed by atoms with Crippen molar-refractivity contribution in [1.82, 2.24) is 10.2 Å². The molecule has 2 amide bonds. The fraction of sp³-hybridized carbons (Fsp3) is 0.462. The number of rotatable bonds is 11. The zero-order valence-corrected chi connectivity index (χ0v) is 20.5. The molecule has 33 heavy (non-hydrogen) atoms. The van der Waals surface area contributed by atoms with E-state index >= 15 is 0 Å². The molecule has 0 bridgehead atoms. The summed E-state index contributed by atoms with van der Waals surface area (Å²) >= 11 is 1.69. The van der Waals surface area contributed by atoms with E-state index in [9.17, 15) is 9.59 Å². The molecule has 0 radical (unpaired) electrons. The number of ether oxygens (including phenoxy) is 2. The number of nitrogens with zero attached hydrogens (tertiary/aromatic N) is 1. The van der Waals surface area contributed by atoms with Crippen LogP contribution in [0.5, 0.6) is 11.5 Å². The first-order valence-corrected chi connectivity index (χ1v) is 12.6. The van der Waals surface area contributed by atoms with E-state index in [1.165, 1.54) is 5.56 Å². The van der Waals surface area contributed by atoms with Crippen LogP contribution in [0.4, 0.5) is 0 Å². The van der Waals surface area contributed by atoms with Crippen molar-refractivity contribution in [3.8, 4) is 11.5 Å². The molecule has 3 rings (SSSR count). The van der Waals surface area contributed by atoms with Gasteiger partial charge in [0.1, 0.15) is 17.5 Å². The van der Waals surface area contributed by atoms with Crippen molar-refractivity contribution >= 4 is 23.6 Å². The van der Waals surface area contributed by atoms with E-state index in [0.717, 1.165) is 32.1 Å². The highest BCUT2D eigenvalue weighted by atomic mass is 32.2. The SMILES string of the molecule is CCCCCC1SCC(C(=O)NCCc2ccccc2)N1C(=O)c1cc(OC)cc(OC)c1. The monoisotopic (exact) mass is 470 g/mol. The molecule has 1 fully saturated rings. The van der Waals surface area contributed by atoms with Gasteiger partial charge in [0, 0.05) is 23.9 Å². The number of benzene rings is 2. The Kier molecular flexibility index (Phi) is 9.48. The highest BCUT2D eigenvalue weighted by Crippen LogP contribution is 2.35. The highest BCUT2D eigenvalue weighted by molar-refractivity contribution is 8.00. The number of thioether (sulfide) groups is 1. The van der Waals surface area contributed by atoms with Crippen molar-refractivity contribution in [3.05, 3.63) is 59.7 Å². The maximum Gasteiger partial charge on any atom is 0.255 e. The molecule has 2 atom stereocenters. The Bertz CT molecular complexity index is 900. The van der Waals surface area contributed by atoms with Crippen LogP contribution >= 0.6 is 11.8 Å². The smallest absolute Gasteiger partial charge is 0.255 e. The van der Waals surface area contributed by atoms with Gasteiger partial charge in [-0.1, -0.05) is 56.5 Å². The number of carbonyl (C=O) groups excluding carboxylic acids is 2. The van der Waals surface area contributed by atoms with Crippen LogP contribution in [0.25, 0.3) is 0 Å². The first-order valence-electron chi connectivity index (χ1n) is 11.6. The Morgan fingerprint density at radius 3 is 2.39 bits per heavy atom. The molecule has 0 spiro atoms. The summed E-state index contributed by atoms with van der Waals surface area (Å²) in [6.45, 7) is 2.70. The maximum atomic E-state index is 13.7. The van der Waals surface area contributed by atoms with Crippen LogP contribution < -0.4 is 14.8 Å². The summed E-state index contributed by atoms with van der Waals surface area (Å²) in [4.78, 5) is 28.6. The standard InChI is InChI=1S/C26H34N2O4S/c1-4-5-7-12-24-28(26(30)20-15-21(31-2)17-22(16-20)32-3)23(18-33-24)25(29)27-14-13-19-10-8-6-9-11-19/h6,8-11,15-17,23-24H,4-5,7,12-14,18H2,1-3H3,(H,27,29). The Morgan fingerprint density at radius 2 is 1.76 bits per heavy atom. The number of nitrogens with one attached hydrogen (secondary N) is 1. The summed E-state index contributed by atoms with van der Waals surface area (Å²) in [6, 6.07) is 14.7. The summed E-state index contributed by atoms with van der Waals surface area (Å²) < 4.78 is 10.7. The van der Waals surface area contributed by atoms with Crippen molar-refractivity contribution in [1.29, 1.82) is 0 Å². The minimum Gasteiger partial charge on any atom is -0.497 e. The van der Waals surface area contributed by atoms with Gasteiger partial charge >= 0.3 is 0 Å². The molecule has 0 aliphatic carbocycles. The van der Waals surface area contributed by atoms with Gasteiger partial charge < -0.3 is 19.7 Å². The average Bonchev–Trinajstić information content (AvgIpc) is 3.27. The summed E-state index contributed by atoms with van der Waals surface area (Å²) in [7, 11) is 3.12. The Labute approximate surface area is 201 Å². The van der Waals surface area contributed by atoms with E-state index in [1.807, 2.05) is 30.3 Å². The van der Waals surface area contributed by atoms with Crippen molar-refractivity contribution in [2.24, 2.45) is 0 Å². The van der Waals surface area contributed by atoms with E-state index in [0.29, 0.717) is 29.4 Å². The van der Waals surface area contributed by atoms with Gasteiger partial charge in [-0.15, -0.1) is 11.8 Å². The topological polar surface area (TPSA) is 67.9 Å². The second kappa shape index (κ2) is 12.5. The third-order valence-corrected chi connectivity index (χ3v) is 7.19. The third-order valence-electron chi connectivity index (χ3n) is 5.84. The second-order valence-corrected chi connectivity index (χ2v) is 9.35. The quantitative estimate of drug-likeness (QED) is 0.489. The highest BCUT2D eigenvalue weighted by Gasteiger charge is 2.41. The molecule has 1 saturated heterocycles. The number of amides is 2. The van der Waals surface area contributed by atoms with E-state index in [2.05, 4.69) is 12.2 Å². The maximum absolute atomic E-state index is 13.7. The Morgan fingerprint density at radius 1 is 1.06 bits per heavy atom.